The summed E-state index contributed by atoms with van der Waals surface area (Å²) in [5, 5.41) is 0. The van der Waals surface area contributed by atoms with Crippen molar-refractivity contribution in [3.63, 3.8) is 0 Å². The SMILES string of the molecule is CCOC(=O)Cn1c(=NC(=O)C23CC4CC(CC(C4)C2)C3)sc2cc(OC)ccc21. The van der Waals surface area contributed by atoms with Gasteiger partial charge >= 0.3 is 5.97 Å². The van der Waals surface area contributed by atoms with E-state index in [9.17, 15) is 9.59 Å². The molecule has 0 atom stereocenters. The fraction of sp³-hybridized carbons (Fsp3) is 0.609. The van der Waals surface area contributed by atoms with Crippen molar-refractivity contribution < 1.29 is 19.1 Å². The summed E-state index contributed by atoms with van der Waals surface area (Å²) in [5.41, 5.74) is 0.579. The molecule has 4 saturated carbocycles. The molecule has 4 bridgehead atoms. The molecule has 0 saturated heterocycles. The van der Waals surface area contributed by atoms with Crippen LogP contribution < -0.4 is 9.54 Å². The van der Waals surface area contributed by atoms with E-state index in [0.29, 0.717) is 29.2 Å². The van der Waals surface area contributed by atoms with E-state index in [4.69, 9.17) is 9.47 Å². The van der Waals surface area contributed by atoms with Crippen LogP contribution in [0, 0.1) is 23.2 Å². The molecule has 1 amide bonds. The average molecular weight is 429 g/mol. The standard InChI is InChI=1S/C23H28N2O4S/c1-3-29-20(26)13-25-18-5-4-17(28-2)9-19(18)30-22(25)24-21(27)23-10-14-6-15(11-23)8-16(7-14)12-23/h4-5,9,14-16H,3,6-8,10-13H2,1-2H3. The third-order valence-corrected chi connectivity index (χ3v) is 8.21. The lowest BCUT2D eigenvalue weighted by atomic mass is 9.49. The molecule has 1 heterocycles. The van der Waals surface area contributed by atoms with Gasteiger partial charge in [0.1, 0.15) is 12.3 Å². The van der Waals surface area contributed by atoms with Crippen LogP contribution >= 0.6 is 11.3 Å². The number of esters is 1. The summed E-state index contributed by atoms with van der Waals surface area (Å²) in [6.45, 7) is 2.17. The van der Waals surface area contributed by atoms with Gasteiger partial charge in [-0.15, -0.1) is 0 Å². The summed E-state index contributed by atoms with van der Waals surface area (Å²) in [6, 6.07) is 5.70. The third kappa shape index (κ3) is 3.37. The number of rotatable bonds is 5. The number of nitrogens with zero attached hydrogens (tertiary/aromatic N) is 2. The lowest BCUT2D eigenvalue weighted by molar-refractivity contribution is -0.144. The van der Waals surface area contributed by atoms with Gasteiger partial charge in [-0.3, -0.25) is 9.59 Å². The zero-order chi connectivity index (χ0) is 20.9. The monoisotopic (exact) mass is 428 g/mol. The lowest BCUT2D eigenvalue weighted by Gasteiger charge is -2.55. The first-order valence-electron chi connectivity index (χ1n) is 10.9. The number of thiazole rings is 1. The highest BCUT2D eigenvalue weighted by molar-refractivity contribution is 7.16. The number of carbonyl (C=O) groups excluding carboxylic acids is 2. The van der Waals surface area contributed by atoms with E-state index in [1.807, 2.05) is 22.8 Å². The molecule has 2 aromatic rings. The van der Waals surface area contributed by atoms with Gasteiger partial charge in [0.15, 0.2) is 4.80 Å². The normalized spacial score (nSPS) is 30.1. The molecule has 0 unspecified atom stereocenters. The highest BCUT2D eigenvalue weighted by Crippen LogP contribution is 2.60. The minimum absolute atomic E-state index is 0.0118. The maximum Gasteiger partial charge on any atom is 0.326 e. The minimum Gasteiger partial charge on any atom is -0.497 e. The Labute approximate surface area is 179 Å². The average Bonchev–Trinajstić information content (AvgIpc) is 3.03. The quantitative estimate of drug-likeness (QED) is 0.677. The first-order valence-corrected chi connectivity index (χ1v) is 11.7. The molecule has 0 radical (unpaired) electrons. The van der Waals surface area contributed by atoms with Crippen LogP contribution in [0.3, 0.4) is 0 Å². The van der Waals surface area contributed by atoms with Gasteiger partial charge < -0.3 is 14.0 Å². The fourth-order valence-electron chi connectivity index (χ4n) is 6.33. The number of fused-ring (bicyclic) bond motifs is 1. The van der Waals surface area contributed by atoms with Crippen molar-refractivity contribution in [2.45, 2.75) is 52.0 Å². The third-order valence-electron chi connectivity index (χ3n) is 7.17. The summed E-state index contributed by atoms with van der Waals surface area (Å²) in [7, 11) is 1.63. The first-order chi connectivity index (χ1) is 14.5. The Bertz CT molecular complexity index is 1030. The van der Waals surface area contributed by atoms with Crippen LogP contribution in [0.2, 0.25) is 0 Å². The van der Waals surface area contributed by atoms with Crippen LogP contribution in [0.1, 0.15) is 45.4 Å². The van der Waals surface area contributed by atoms with Gasteiger partial charge in [-0.05, 0) is 81.4 Å². The molecule has 6 nitrogen and oxygen atoms in total. The van der Waals surface area contributed by atoms with Crippen LogP contribution in [-0.4, -0.2) is 30.2 Å². The van der Waals surface area contributed by atoms with Crippen LogP contribution in [0.25, 0.3) is 10.2 Å². The number of carbonyl (C=O) groups is 2. The Morgan fingerprint density at radius 1 is 1.17 bits per heavy atom. The summed E-state index contributed by atoms with van der Waals surface area (Å²) in [5.74, 6) is 2.50. The van der Waals surface area contributed by atoms with Gasteiger partial charge in [0.05, 0.1) is 29.3 Å². The van der Waals surface area contributed by atoms with E-state index < -0.39 is 0 Å². The smallest absolute Gasteiger partial charge is 0.326 e. The van der Waals surface area contributed by atoms with Gasteiger partial charge in [-0.25, -0.2) is 0 Å². The van der Waals surface area contributed by atoms with Crippen molar-refractivity contribution >= 4 is 33.4 Å². The molecule has 4 aliphatic rings. The predicted octanol–water partition coefficient (Wildman–Crippen LogP) is 3.92. The minimum atomic E-state index is -0.322. The maximum atomic E-state index is 13.5. The summed E-state index contributed by atoms with van der Waals surface area (Å²) in [6.07, 6.45) is 6.82. The second kappa shape index (κ2) is 7.52. The number of hydrogen-bond acceptors (Lipinski definition) is 5. The van der Waals surface area contributed by atoms with Crippen molar-refractivity contribution in [3.05, 3.63) is 23.0 Å². The molecule has 0 N–H and O–H groups in total. The van der Waals surface area contributed by atoms with Gasteiger partial charge in [-0.1, -0.05) is 11.3 Å². The molecular weight excluding hydrogens is 400 g/mol. The summed E-state index contributed by atoms with van der Waals surface area (Å²) < 4.78 is 13.3. The van der Waals surface area contributed by atoms with Crippen molar-refractivity contribution in [1.29, 1.82) is 0 Å². The molecule has 30 heavy (non-hydrogen) atoms. The molecule has 6 rings (SSSR count). The van der Waals surface area contributed by atoms with E-state index in [1.54, 1.807) is 14.0 Å². The van der Waals surface area contributed by atoms with Gasteiger partial charge in [0, 0.05) is 0 Å². The zero-order valence-corrected chi connectivity index (χ0v) is 18.4. The Morgan fingerprint density at radius 3 is 2.43 bits per heavy atom. The van der Waals surface area contributed by atoms with Crippen molar-refractivity contribution in [2.24, 2.45) is 28.2 Å². The Kier molecular flexibility index (Phi) is 4.96. The van der Waals surface area contributed by atoms with Crippen molar-refractivity contribution in [3.8, 4) is 5.75 Å². The summed E-state index contributed by atoms with van der Waals surface area (Å²) >= 11 is 1.43. The first kappa shape index (κ1) is 19.8. The van der Waals surface area contributed by atoms with E-state index in [-0.39, 0.29) is 23.8 Å². The Morgan fingerprint density at radius 2 is 1.83 bits per heavy atom. The molecule has 0 aliphatic heterocycles. The van der Waals surface area contributed by atoms with E-state index in [1.165, 1.54) is 30.6 Å². The van der Waals surface area contributed by atoms with E-state index >= 15 is 0 Å². The Hall–Kier alpha value is -2.15. The number of benzene rings is 1. The second-order valence-corrected chi connectivity index (χ2v) is 10.2. The molecule has 0 spiro atoms. The van der Waals surface area contributed by atoms with Crippen molar-refractivity contribution in [1.82, 2.24) is 4.57 Å². The maximum absolute atomic E-state index is 13.5. The number of methoxy groups -OCH3 is 1. The van der Waals surface area contributed by atoms with Crippen molar-refractivity contribution in [2.75, 3.05) is 13.7 Å². The van der Waals surface area contributed by atoms with Crippen LogP contribution in [-0.2, 0) is 20.9 Å². The van der Waals surface area contributed by atoms with Gasteiger partial charge in [-0.2, -0.15) is 4.99 Å². The van der Waals surface area contributed by atoms with E-state index in [2.05, 4.69) is 4.99 Å². The number of hydrogen-bond donors (Lipinski definition) is 0. The molecular formula is C23H28N2O4S. The van der Waals surface area contributed by atoms with Crippen LogP contribution in [0.5, 0.6) is 5.75 Å². The second-order valence-electron chi connectivity index (χ2n) is 9.22. The highest BCUT2D eigenvalue weighted by Gasteiger charge is 2.54. The number of ether oxygens (including phenoxy) is 2. The molecule has 1 aromatic carbocycles. The van der Waals surface area contributed by atoms with Crippen LogP contribution in [0.15, 0.2) is 23.2 Å². The fourth-order valence-corrected chi connectivity index (χ4v) is 7.39. The topological polar surface area (TPSA) is 69.9 Å². The number of aromatic nitrogens is 1. The Balaban J connectivity index is 1.56. The summed E-state index contributed by atoms with van der Waals surface area (Å²) in [4.78, 5) is 31.0. The molecule has 4 aliphatic carbocycles. The lowest BCUT2D eigenvalue weighted by Crippen LogP contribution is -2.50. The van der Waals surface area contributed by atoms with Gasteiger partial charge in [0.25, 0.3) is 5.91 Å². The zero-order valence-electron chi connectivity index (χ0n) is 17.6. The highest BCUT2D eigenvalue weighted by atomic mass is 32.1. The van der Waals surface area contributed by atoms with Gasteiger partial charge in [0.2, 0.25) is 0 Å². The molecule has 1 aromatic heterocycles. The van der Waals surface area contributed by atoms with E-state index in [0.717, 1.165) is 35.2 Å². The molecule has 160 valence electrons. The van der Waals surface area contributed by atoms with Crippen LogP contribution in [0.4, 0.5) is 0 Å². The number of amides is 1. The predicted molar refractivity (Wildman–Crippen MR) is 114 cm³/mol. The molecule has 7 heteroatoms. The largest absolute Gasteiger partial charge is 0.497 e. The molecule has 4 fully saturated rings.